The molecular formula is C11H9N5O. The van der Waals surface area contributed by atoms with E-state index in [4.69, 9.17) is 0 Å². The van der Waals surface area contributed by atoms with Crippen molar-refractivity contribution in [2.24, 2.45) is 0 Å². The number of aromatic amines is 1. The maximum atomic E-state index is 12.0. The van der Waals surface area contributed by atoms with E-state index in [9.17, 15) is 4.79 Å². The van der Waals surface area contributed by atoms with E-state index < -0.39 is 0 Å². The van der Waals surface area contributed by atoms with Crippen LogP contribution in [0.1, 0.15) is 10.4 Å². The Labute approximate surface area is 96.3 Å². The summed E-state index contributed by atoms with van der Waals surface area (Å²) in [6.45, 7) is 0. The maximum absolute atomic E-state index is 12.0. The summed E-state index contributed by atoms with van der Waals surface area (Å²) in [5.74, 6) is -0.224. The Morgan fingerprint density at radius 2 is 2.41 bits per heavy atom. The number of hydrogen-bond donors (Lipinski definition) is 2. The van der Waals surface area contributed by atoms with E-state index in [1.54, 1.807) is 41.4 Å². The highest BCUT2D eigenvalue weighted by Crippen LogP contribution is 2.11. The van der Waals surface area contributed by atoms with Crippen LogP contribution in [0.15, 0.2) is 43.1 Å². The topological polar surface area (TPSA) is 75.1 Å². The largest absolute Gasteiger partial charge is 0.366 e. The first-order valence-corrected chi connectivity index (χ1v) is 5.07. The number of nitrogens with one attached hydrogen (secondary N) is 2. The quantitative estimate of drug-likeness (QED) is 0.693. The Morgan fingerprint density at radius 1 is 1.47 bits per heavy atom. The number of carbonyl (C=O) groups excluding carboxylic acids is 1. The molecule has 0 saturated heterocycles. The lowest BCUT2D eigenvalue weighted by Crippen LogP contribution is -2.11. The van der Waals surface area contributed by atoms with Crippen LogP contribution < -0.4 is 5.32 Å². The predicted molar refractivity (Wildman–Crippen MR) is 61.7 cm³/mol. The predicted octanol–water partition coefficient (Wildman–Crippen LogP) is 1.31. The van der Waals surface area contributed by atoms with Gasteiger partial charge in [0, 0.05) is 24.8 Å². The molecule has 0 bridgehead atoms. The molecule has 0 aliphatic rings. The van der Waals surface area contributed by atoms with Gasteiger partial charge in [0.15, 0.2) is 5.65 Å². The minimum absolute atomic E-state index is 0.224. The summed E-state index contributed by atoms with van der Waals surface area (Å²) in [6, 6.07) is 3.53. The van der Waals surface area contributed by atoms with Gasteiger partial charge in [-0.1, -0.05) is 0 Å². The molecule has 17 heavy (non-hydrogen) atoms. The number of H-pyrrole nitrogens is 1. The number of anilines is 1. The van der Waals surface area contributed by atoms with Crippen LogP contribution in [0.5, 0.6) is 0 Å². The molecule has 3 heterocycles. The summed E-state index contributed by atoms with van der Waals surface area (Å²) < 4.78 is 1.56. The van der Waals surface area contributed by atoms with Gasteiger partial charge < -0.3 is 10.3 Å². The summed E-state index contributed by atoms with van der Waals surface area (Å²) >= 11 is 0. The summed E-state index contributed by atoms with van der Waals surface area (Å²) in [5.41, 5.74) is 1.71. The van der Waals surface area contributed by atoms with E-state index in [2.05, 4.69) is 20.4 Å². The summed E-state index contributed by atoms with van der Waals surface area (Å²) in [4.78, 5) is 19.0. The van der Waals surface area contributed by atoms with Gasteiger partial charge in [-0.3, -0.25) is 4.79 Å². The standard InChI is InChI=1S/C11H9N5O/c17-11(15-8-2-4-12-6-8)9-7-14-16-5-1-3-13-10(9)16/h1-7,12H,(H,15,17). The minimum Gasteiger partial charge on any atom is -0.366 e. The Kier molecular flexibility index (Phi) is 2.11. The van der Waals surface area contributed by atoms with Gasteiger partial charge >= 0.3 is 0 Å². The Hall–Kier alpha value is -2.63. The molecule has 2 N–H and O–H groups in total. The van der Waals surface area contributed by atoms with E-state index in [-0.39, 0.29) is 5.91 Å². The molecule has 0 unspecified atom stereocenters. The van der Waals surface area contributed by atoms with Crippen LogP contribution in [-0.2, 0) is 0 Å². The molecule has 1 amide bonds. The third kappa shape index (κ3) is 1.65. The molecule has 0 fully saturated rings. The molecule has 0 aromatic carbocycles. The molecule has 6 heteroatoms. The molecule has 84 valence electrons. The number of fused-ring (bicyclic) bond motifs is 1. The Balaban J connectivity index is 1.96. The number of carbonyl (C=O) groups is 1. The average molecular weight is 227 g/mol. The average Bonchev–Trinajstić information content (AvgIpc) is 2.96. The van der Waals surface area contributed by atoms with E-state index >= 15 is 0 Å². The van der Waals surface area contributed by atoms with Crippen LogP contribution >= 0.6 is 0 Å². The molecule has 0 aliphatic carbocycles. The molecular weight excluding hydrogens is 218 g/mol. The summed E-state index contributed by atoms with van der Waals surface area (Å²) in [5, 5.41) is 6.81. The second kappa shape index (κ2) is 3.75. The van der Waals surface area contributed by atoms with Crippen LogP contribution in [0.3, 0.4) is 0 Å². The van der Waals surface area contributed by atoms with Crippen molar-refractivity contribution in [2.75, 3.05) is 5.32 Å². The Bertz CT molecular complexity index is 655. The highest BCUT2D eigenvalue weighted by Gasteiger charge is 2.13. The zero-order valence-corrected chi connectivity index (χ0v) is 8.79. The number of hydrogen-bond acceptors (Lipinski definition) is 3. The molecule has 0 radical (unpaired) electrons. The van der Waals surface area contributed by atoms with Crippen LogP contribution in [0.2, 0.25) is 0 Å². The SMILES string of the molecule is O=C(Nc1cc[nH]c1)c1cnn2cccnc12. The second-order valence-electron chi connectivity index (χ2n) is 3.50. The minimum atomic E-state index is -0.224. The van der Waals surface area contributed by atoms with Gasteiger partial charge in [-0.2, -0.15) is 5.10 Å². The van der Waals surface area contributed by atoms with E-state index in [0.717, 1.165) is 0 Å². The van der Waals surface area contributed by atoms with Crippen molar-refractivity contribution in [1.82, 2.24) is 19.6 Å². The molecule has 3 rings (SSSR count). The van der Waals surface area contributed by atoms with Gasteiger partial charge in [0.25, 0.3) is 5.91 Å². The van der Waals surface area contributed by atoms with Gasteiger partial charge in [0.2, 0.25) is 0 Å². The first-order valence-electron chi connectivity index (χ1n) is 5.07. The molecule has 3 aromatic heterocycles. The van der Waals surface area contributed by atoms with Gasteiger partial charge in [-0.25, -0.2) is 9.50 Å². The van der Waals surface area contributed by atoms with Crippen molar-refractivity contribution in [3.63, 3.8) is 0 Å². The normalized spacial score (nSPS) is 10.6. The monoisotopic (exact) mass is 227 g/mol. The highest BCUT2D eigenvalue weighted by atomic mass is 16.1. The van der Waals surface area contributed by atoms with Crippen molar-refractivity contribution >= 4 is 17.2 Å². The van der Waals surface area contributed by atoms with E-state index in [1.165, 1.54) is 6.20 Å². The van der Waals surface area contributed by atoms with Gasteiger partial charge in [-0.05, 0) is 12.1 Å². The fraction of sp³-hybridized carbons (Fsp3) is 0. The van der Waals surface area contributed by atoms with Crippen LogP contribution in [0.4, 0.5) is 5.69 Å². The zero-order valence-electron chi connectivity index (χ0n) is 8.79. The molecule has 0 aliphatic heterocycles. The number of amides is 1. The fourth-order valence-electron chi connectivity index (χ4n) is 1.59. The summed E-state index contributed by atoms with van der Waals surface area (Å²) in [7, 11) is 0. The van der Waals surface area contributed by atoms with Gasteiger partial charge in [0.05, 0.1) is 11.9 Å². The smallest absolute Gasteiger partial charge is 0.261 e. The van der Waals surface area contributed by atoms with E-state index in [1.807, 2.05) is 0 Å². The van der Waals surface area contributed by atoms with Crippen molar-refractivity contribution < 1.29 is 4.79 Å². The number of rotatable bonds is 2. The summed E-state index contributed by atoms with van der Waals surface area (Å²) in [6.07, 6.45) is 8.32. The second-order valence-corrected chi connectivity index (χ2v) is 3.50. The lowest BCUT2D eigenvalue weighted by Gasteiger charge is -1.99. The van der Waals surface area contributed by atoms with E-state index in [0.29, 0.717) is 16.9 Å². The zero-order chi connectivity index (χ0) is 11.7. The molecule has 3 aromatic rings. The third-order valence-electron chi connectivity index (χ3n) is 2.38. The maximum Gasteiger partial charge on any atom is 0.261 e. The Morgan fingerprint density at radius 3 is 3.24 bits per heavy atom. The molecule has 0 saturated carbocycles. The van der Waals surface area contributed by atoms with Crippen molar-refractivity contribution in [3.05, 3.63) is 48.7 Å². The highest BCUT2D eigenvalue weighted by molar-refractivity contribution is 6.08. The van der Waals surface area contributed by atoms with Gasteiger partial charge in [-0.15, -0.1) is 0 Å². The number of aromatic nitrogens is 4. The molecule has 6 nitrogen and oxygen atoms in total. The van der Waals surface area contributed by atoms with Gasteiger partial charge in [0.1, 0.15) is 5.56 Å². The first kappa shape index (κ1) is 9.59. The lowest BCUT2D eigenvalue weighted by atomic mass is 10.3. The number of nitrogens with zero attached hydrogens (tertiary/aromatic N) is 3. The van der Waals surface area contributed by atoms with Crippen molar-refractivity contribution in [1.29, 1.82) is 0 Å². The van der Waals surface area contributed by atoms with Crippen LogP contribution in [-0.4, -0.2) is 25.5 Å². The molecule has 0 atom stereocenters. The first-order chi connectivity index (χ1) is 8.34. The molecule has 0 spiro atoms. The third-order valence-corrected chi connectivity index (χ3v) is 2.38. The van der Waals surface area contributed by atoms with Crippen molar-refractivity contribution in [2.45, 2.75) is 0 Å². The van der Waals surface area contributed by atoms with Crippen LogP contribution in [0.25, 0.3) is 5.65 Å². The fourth-order valence-corrected chi connectivity index (χ4v) is 1.59. The van der Waals surface area contributed by atoms with Crippen LogP contribution in [0, 0.1) is 0 Å². The van der Waals surface area contributed by atoms with Crippen molar-refractivity contribution in [3.8, 4) is 0 Å². The lowest BCUT2D eigenvalue weighted by molar-refractivity contribution is 0.102.